The van der Waals surface area contributed by atoms with Gasteiger partial charge in [-0.2, -0.15) is 5.10 Å². The SMILES string of the molecule is Cc1ccc(-c2cc3c4nn(CC(=O)NC5CCCCC5)c(=O)n4ccn3n2)cc1C. The van der Waals surface area contributed by atoms with E-state index in [4.69, 9.17) is 0 Å². The molecule has 31 heavy (non-hydrogen) atoms. The molecule has 0 radical (unpaired) electrons. The molecule has 3 heterocycles. The van der Waals surface area contributed by atoms with Gasteiger partial charge in [-0.1, -0.05) is 31.4 Å². The van der Waals surface area contributed by atoms with E-state index >= 15 is 0 Å². The summed E-state index contributed by atoms with van der Waals surface area (Å²) in [5.74, 6) is -0.169. The first-order valence-corrected chi connectivity index (χ1v) is 10.8. The zero-order chi connectivity index (χ0) is 21.5. The fourth-order valence-electron chi connectivity index (χ4n) is 4.34. The summed E-state index contributed by atoms with van der Waals surface area (Å²) in [6, 6.07) is 8.36. The Bertz CT molecular complexity index is 1340. The van der Waals surface area contributed by atoms with Crippen molar-refractivity contribution in [3.05, 3.63) is 58.3 Å². The topological polar surface area (TPSA) is 85.7 Å². The van der Waals surface area contributed by atoms with E-state index in [0.29, 0.717) is 5.65 Å². The number of benzene rings is 1. The van der Waals surface area contributed by atoms with Gasteiger partial charge < -0.3 is 5.32 Å². The molecule has 1 aliphatic carbocycles. The number of amides is 1. The Morgan fingerprint density at radius 3 is 2.65 bits per heavy atom. The number of carbonyl (C=O) groups excluding carboxylic acids is 1. The Morgan fingerprint density at radius 2 is 1.87 bits per heavy atom. The summed E-state index contributed by atoms with van der Waals surface area (Å²) in [5.41, 5.74) is 5.13. The van der Waals surface area contributed by atoms with Crippen molar-refractivity contribution in [2.24, 2.45) is 0 Å². The van der Waals surface area contributed by atoms with Crippen LogP contribution in [0.25, 0.3) is 22.4 Å². The van der Waals surface area contributed by atoms with Crippen molar-refractivity contribution in [2.45, 2.75) is 58.5 Å². The lowest BCUT2D eigenvalue weighted by atomic mass is 9.95. The highest BCUT2D eigenvalue weighted by atomic mass is 16.2. The first kappa shape index (κ1) is 19.5. The van der Waals surface area contributed by atoms with Crippen LogP contribution >= 0.6 is 0 Å². The van der Waals surface area contributed by atoms with Crippen molar-refractivity contribution in [3.8, 4) is 11.3 Å². The summed E-state index contributed by atoms with van der Waals surface area (Å²) in [6.07, 6.45) is 8.89. The van der Waals surface area contributed by atoms with E-state index < -0.39 is 0 Å². The van der Waals surface area contributed by atoms with Gasteiger partial charge in [0.15, 0.2) is 5.65 Å². The van der Waals surface area contributed by atoms with Crippen molar-refractivity contribution < 1.29 is 4.79 Å². The molecule has 0 bridgehead atoms. The van der Waals surface area contributed by atoms with Gasteiger partial charge in [0.1, 0.15) is 12.1 Å². The maximum absolute atomic E-state index is 12.8. The molecule has 1 saturated carbocycles. The number of aromatic nitrogens is 5. The molecule has 8 nitrogen and oxygen atoms in total. The van der Waals surface area contributed by atoms with Crippen LogP contribution in [0.3, 0.4) is 0 Å². The lowest BCUT2D eigenvalue weighted by molar-refractivity contribution is -0.122. The molecule has 3 aromatic heterocycles. The van der Waals surface area contributed by atoms with Crippen LogP contribution < -0.4 is 11.0 Å². The quantitative estimate of drug-likeness (QED) is 0.552. The van der Waals surface area contributed by atoms with Crippen LogP contribution in [0.4, 0.5) is 0 Å². The highest BCUT2D eigenvalue weighted by Crippen LogP contribution is 2.23. The van der Waals surface area contributed by atoms with Gasteiger partial charge in [-0.15, -0.1) is 5.10 Å². The molecule has 4 aromatic rings. The molecular formula is C23H26N6O2. The second-order valence-electron chi connectivity index (χ2n) is 8.49. The van der Waals surface area contributed by atoms with E-state index in [0.717, 1.165) is 42.5 Å². The molecule has 1 fully saturated rings. The molecule has 0 spiro atoms. The lowest BCUT2D eigenvalue weighted by Crippen LogP contribution is -2.40. The number of carbonyl (C=O) groups is 1. The number of hydrogen-bond donors (Lipinski definition) is 1. The van der Waals surface area contributed by atoms with Gasteiger partial charge in [0.2, 0.25) is 5.91 Å². The van der Waals surface area contributed by atoms with Crippen molar-refractivity contribution in [1.29, 1.82) is 0 Å². The van der Waals surface area contributed by atoms with Crippen LogP contribution in [0, 0.1) is 13.8 Å². The van der Waals surface area contributed by atoms with Gasteiger partial charge in [0.25, 0.3) is 0 Å². The summed E-state index contributed by atoms with van der Waals surface area (Å²) >= 11 is 0. The zero-order valence-electron chi connectivity index (χ0n) is 17.8. The van der Waals surface area contributed by atoms with Crippen molar-refractivity contribution in [2.75, 3.05) is 0 Å². The van der Waals surface area contributed by atoms with Crippen molar-refractivity contribution in [1.82, 2.24) is 29.1 Å². The maximum Gasteiger partial charge on any atom is 0.350 e. The minimum atomic E-state index is -0.328. The minimum absolute atomic E-state index is 0.0820. The fraction of sp³-hybridized carbons (Fsp3) is 0.391. The molecule has 1 N–H and O–H groups in total. The van der Waals surface area contributed by atoms with E-state index in [9.17, 15) is 9.59 Å². The van der Waals surface area contributed by atoms with E-state index in [2.05, 4.69) is 41.5 Å². The van der Waals surface area contributed by atoms with Crippen molar-refractivity contribution >= 4 is 17.1 Å². The summed E-state index contributed by atoms with van der Waals surface area (Å²) in [5, 5.41) is 12.2. The number of rotatable bonds is 4. The molecule has 0 unspecified atom stereocenters. The fourth-order valence-corrected chi connectivity index (χ4v) is 4.34. The Morgan fingerprint density at radius 1 is 1.06 bits per heavy atom. The summed E-state index contributed by atoms with van der Waals surface area (Å²) < 4.78 is 4.42. The van der Waals surface area contributed by atoms with Gasteiger partial charge in [-0.05, 0) is 49.9 Å². The van der Waals surface area contributed by atoms with E-state index in [1.807, 2.05) is 12.1 Å². The second kappa shape index (κ2) is 7.68. The summed E-state index contributed by atoms with van der Waals surface area (Å²) in [6.45, 7) is 4.07. The molecule has 0 aliphatic heterocycles. The van der Waals surface area contributed by atoms with Crippen LogP contribution in [0.5, 0.6) is 0 Å². The molecule has 1 amide bonds. The lowest BCUT2D eigenvalue weighted by Gasteiger charge is -2.22. The average molecular weight is 419 g/mol. The van der Waals surface area contributed by atoms with Gasteiger partial charge in [0, 0.05) is 24.0 Å². The van der Waals surface area contributed by atoms with Gasteiger partial charge in [0.05, 0.1) is 5.69 Å². The molecule has 160 valence electrons. The zero-order valence-corrected chi connectivity index (χ0v) is 17.8. The molecule has 0 saturated heterocycles. The third-order valence-corrected chi connectivity index (χ3v) is 6.26. The smallest absolute Gasteiger partial charge is 0.350 e. The van der Waals surface area contributed by atoms with Gasteiger partial charge in [-0.25, -0.2) is 18.4 Å². The Labute approximate surface area is 179 Å². The first-order valence-electron chi connectivity index (χ1n) is 10.8. The predicted octanol–water partition coefficient (Wildman–Crippen LogP) is 2.88. The highest BCUT2D eigenvalue weighted by Gasteiger charge is 2.19. The number of hydrogen-bond acceptors (Lipinski definition) is 4. The molecule has 0 atom stereocenters. The highest BCUT2D eigenvalue weighted by molar-refractivity contribution is 5.78. The Balaban J connectivity index is 1.47. The van der Waals surface area contributed by atoms with E-state index in [1.54, 1.807) is 16.9 Å². The maximum atomic E-state index is 12.8. The number of nitrogens with zero attached hydrogens (tertiary/aromatic N) is 5. The predicted molar refractivity (Wildman–Crippen MR) is 118 cm³/mol. The first-order chi connectivity index (χ1) is 15.0. The molecule has 8 heteroatoms. The van der Waals surface area contributed by atoms with Gasteiger partial charge >= 0.3 is 5.69 Å². The van der Waals surface area contributed by atoms with Crippen LogP contribution in [0.2, 0.25) is 0 Å². The molecule has 5 rings (SSSR count). The second-order valence-corrected chi connectivity index (χ2v) is 8.49. The van der Waals surface area contributed by atoms with E-state index in [-0.39, 0.29) is 24.2 Å². The monoisotopic (exact) mass is 418 g/mol. The number of nitrogens with one attached hydrogen (secondary N) is 1. The Kier molecular flexibility index (Phi) is 4.84. The average Bonchev–Trinajstić information content (AvgIpc) is 3.32. The largest absolute Gasteiger partial charge is 0.352 e. The van der Waals surface area contributed by atoms with Crippen LogP contribution in [-0.4, -0.2) is 35.7 Å². The van der Waals surface area contributed by atoms with E-state index in [1.165, 1.54) is 26.6 Å². The number of fused-ring (bicyclic) bond motifs is 3. The minimum Gasteiger partial charge on any atom is -0.352 e. The van der Waals surface area contributed by atoms with Crippen LogP contribution in [0.15, 0.2) is 41.5 Å². The van der Waals surface area contributed by atoms with Crippen LogP contribution in [-0.2, 0) is 11.3 Å². The summed E-state index contributed by atoms with van der Waals surface area (Å²) in [4.78, 5) is 25.3. The standard InChI is InChI=1S/C23H26N6O2/c1-15-8-9-17(12-16(15)2)19-13-20-22-26-29(23(31)27(22)10-11-28(20)25-19)14-21(30)24-18-6-4-3-5-7-18/h8-13,18H,3-7,14H2,1-2H3,(H,24,30). The molecular weight excluding hydrogens is 392 g/mol. The third-order valence-electron chi connectivity index (χ3n) is 6.26. The normalized spacial score (nSPS) is 15.0. The summed E-state index contributed by atoms with van der Waals surface area (Å²) in [7, 11) is 0. The molecule has 1 aromatic carbocycles. The van der Waals surface area contributed by atoms with Crippen LogP contribution in [0.1, 0.15) is 43.2 Å². The Hall–Kier alpha value is -3.42. The van der Waals surface area contributed by atoms with Gasteiger partial charge in [-0.3, -0.25) is 4.79 Å². The third kappa shape index (κ3) is 3.62. The molecule has 1 aliphatic rings. The number of aryl methyl sites for hydroxylation is 2. The van der Waals surface area contributed by atoms with Crippen molar-refractivity contribution in [3.63, 3.8) is 0 Å².